The summed E-state index contributed by atoms with van der Waals surface area (Å²) in [4.78, 5) is 55.7. The second-order valence-corrected chi connectivity index (χ2v) is 4.42. The van der Waals surface area contributed by atoms with Crippen LogP contribution in [0.25, 0.3) is 0 Å². The molecule has 0 fully saturated rings. The number of aliphatic imine (C=N–C) groups is 4. The van der Waals surface area contributed by atoms with Gasteiger partial charge in [-0.25, -0.2) is 39.1 Å². The van der Waals surface area contributed by atoms with Crippen molar-refractivity contribution < 1.29 is 19.2 Å². The van der Waals surface area contributed by atoms with Gasteiger partial charge in [-0.3, -0.25) is 0 Å². The second kappa shape index (κ2) is 9.64. The summed E-state index contributed by atoms with van der Waals surface area (Å²) >= 11 is 0. The third kappa shape index (κ3) is 4.90. The number of aryl methyl sites for hydroxylation is 1. The first-order valence-corrected chi connectivity index (χ1v) is 6.47. The lowest BCUT2D eigenvalue weighted by Crippen LogP contribution is -2.06. The molecule has 0 aliphatic carbocycles. The lowest BCUT2D eigenvalue weighted by Gasteiger charge is -2.16. The number of hydrogen-bond acceptors (Lipinski definition) is 8. The smallest absolute Gasteiger partial charge is 0.211 e. The van der Waals surface area contributed by atoms with Gasteiger partial charge in [-0.2, -0.15) is 0 Å². The zero-order chi connectivity index (χ0) is 17.1. The van der Waals surface area contributed by atoms with Crippen LogP contribution in [0, 0.1) is 6.92 Å². The highest BCUT2D eigenvalue weighted by atomic mass is 16.1. The van der Waals surface area contributed by atoms with E-state index in [1.54, 1.807) is 13.0 Å². The number of nitrogens with zero attached hydrogens (tertiary/aromatic N) is 4. The maximum absolute atomic E-state index is 10.4. The van der Waals surface area contributed by atoms with Gasteiger partial charge >= 0.3 is 0 Å². The summed E-state index contributed by atoms with van der Waals surface area (Å²) in [6.07, 6.45) is 5.76. The maximum Gasteiger partial charge on any atom is 0.235 e. The predicted molar refractivity (Wildman–Crippen MR) is 78.5 cm³/mol. The summed E-state index contributed by atoms with van der Waals surface area (Å²) < 4.78 is 0. The molecule has 8 nitrogen and oxygen atoms in total. The molecule has 8 heteroatoms. The number of benzene rings is 1. The largest absolute Gasteiger partial charge is 0.235 e. The highest BCUT2D eigenvalue weighted by molar-refractivity contribution is 5.49. The van der Waals surface area contributed by atoms with E-state index in [-0.39, 0.29) is 26.2 Å². The minimum atomic E-state index is -0.0188. The van der Waals surface area contributed by atoms with Crippen molar-refractivity contribution in [2.24, 2.45) is 20.0 Å². The molecule has 0 bridgehead atoms. The van der Waals surface area contributed by atoms with Gasteiger partial charge in [0.15, 0.2) is 0 Å². The van der Waals surface area contributed by atoms with Crippen LogP contribution < -0.4 is 0 Å². The Morgan fingerprint density at radius 2 is 1.13 bits per heavy atom. The van der Waals surface area contributed by atoms with Gasteiger partial charge in [0, 0.05) is 0 Å². The van der Waals surface area contributed by atoms with Crippen molar-refractivity contribution in [3.63, 3.8) is 0 Å². The van der Waals surface area contributed by atoms with Gasteiger partial charge in [-0.15, -0.1) is 0 Å². The molecule has 1 rings (SSSR count). The molecule has 0 amide bonds. The van der Waals surface area contributed by atoms with Crippen LogP contribution in [-0.4, -0.2) is 24.3 Å². The second-order valence-electron chi connectivity index (χ2n) is 4.42. The van der Waals surface area contributed by atoms with E-state index in [9.17, 15) is 19.2 Å². The van der Waals surface area contributed by atoms with Gasteiger partial charge in [-0.1, -0.05) is 6.07 Å². The van der Waals surface area contributed by atoms with E-state index in [0.29, 0.717) is 22.3 Å². The highest BCUT2D eigenvalue weighted by Crippen LogP contribution is 2.26. The molecule has 1 aromatic carbocycles. The van der Waals surface area contributed by atoms with Gasteiger partial charge in [0.05, 0.1) is 26.2 Å². The van der Waals surface area contributed by atoms with Crippen LogP contribution in [0.4, 0.5) is 0 Å². The van der Waals surface area contributed by atoms with Crippen molar-refractivity contribution in [2.75, 3.05) is 0 Å². The molecular formula is C15H12N4O4. The molecule has 23 heavy (non-hydrogen) atoms. The summed E-state index contributed by atoms with van der Waals surface area (Å²) in [5.41, 5.74) is 3.24. The Morgan fingerprint density at radius 1 is 0.696 bits per heavy atom. The average Bonchev–Trinajstić information content (AvgIpc) is 2.56. The van der Waals surface area contributed by atoms with Crippen LogP contribution in [0.1, 0.15) is 27.8 Å². The van der Waals surface area contributed by atoms with E-state index in [1.165, 1.54) is 24.3 Å². The number of hydrogen-bond donors (Lipinski definition) is 0. The maximum atomic E-state index is 10.4. The average molecular weight is 312 g/mol. The van der Waals surface area contributed by atoms with Crippen LogP contribution in [0.3, 0.4) is 0 Å². The number of carbonyl (C=O) groups excluding carboxylic acids is 4. The Balaban J connectivity index is 3.62. The normalized spacial score (nSPS) is 8.91. The molecule has 0 unspecified atom stereocenters. The summed E-state index contributed by atoms with van der Waals surface area (Å²) in [5.74, 6) is 0. The van der Waals surface area contributed by atoms with Crippen LogP contribution in [-0.2, 0) is 45.4 Å². The van der Waals surface area contributed by atoms with Crippen molar-refractivity contribution >= 4 is 24.3 Å². The monoisotopic (exact) mass is 312 g/mol. The molecule has 0 aromatic heterocycles. The van der Waals surface area contributed by atoms with E-state index in [2.05, 4.69) is 20.0 Å². The van der Waals surface area contributed by atoms with Gasteiger partial charge in [0.1, 0.15) is 0 Å². The van der Waals surface area contributed by atoms with Gasteiger partial charge in [0.25, 0.3) is 0 Å². The fourth-order valence-corrected chi connectivity index (χ4v) is 2.25. The minimum absolute atomic E-state index is 0.0175. The fraction of sp³-hybridized carbons (Fsp3) is 0.333. The Kier molecular flexibility index (Phi) is 7.45. The number of isocyanates is 4. The predicted octanol–water partition coefficient (Wildman–Crippen LogP) is 1.34. The zero-order valence-corrected chi connectivity index (χ0v) is 12.3. The molecule has 0 aliphatic rings. The van der Waals surface area contributed by atoms with Crippen LogP contribution >= 0.6 is 0 Å². The van der Waals surface area contributed by atoms with Gasteiger partial charge in [-0.05, 0) is 34.7 Å². The van der Waals surface area contributed by atoms with E-state index in [0.717, 1.165) is 5.56 Å². The lowest BCUT2D eigenvalue weighted by atomic mass is 9.91. The van der Waals surface area contributed by atoms with Crippen molar-refractivity contribution in [2.45, 2.75) is 33.1 Å². The molecule has 0 atom stereocenters. The van der Waals surface area contributed by atoms with Gasteiger partial charge in [0.2, 0.25) is 24.3 Å². The van der Waals surface area contributed by atoms with Crippen molar-refractivity contribution in [1.29, 1.82) is 0 Å². The molecule has 0 spiro atoms. The van der Waals surface area contributed by atoms with E-state index in [1.807, 2.05) is 0 Å². The molecule has 116 valence electrons. The van der Waals surface area contributed by atoms with E-state index < -0.39 is 0 Å². The molecule has 0 saturated heterocycles. The molecule has 0 heterocycles. The van der Waals surface area contributed by atoms with Crippen molar-refractivity contribution in [3.8, 4) is 0 Å². The molecule has 0 radical (unpaired) electrons. The van der Waals surface area contributed by atoms with Crippen LogP contribution in [0.2, 0.25) is 0 Å². The molecule has 0 saturated carbocycles. The lowest BCUT2D eigenvalue weighted by molar-refractivity contribution is 0.560. The Labute approximate surface area is 131 Å². The Morgan fingerprint density at radius 3 is 1.65 bits per heavy atom. The standard InChI is InChI=1S/C15H12N4O4/c1-11-2-12(3-16-7-20)14(5-18-9-22)15(6-19-10-23)13(11)4-17-8-21/h2H,3-6H2,1H3. The van der Waals surface area contributed by atoms with Crippen LogP contribution in [0.5, 0.6) is 0 Å². The molecule has 0 N–H and O–H groups in total. The molecule has 1 aromatic rings. The fourth-order valence-electron chi connectivity index (χ4n) is 2.25. The first kappa shape index (κ1) is 17.8. The summed E-state index contributed by atoms with van der Waals surface area (Å²) in [6, 6.07) is 1.75. The van der Waals surface area contributed by atoms with Crippen molar-refractivity contribution in [3.05, 3.63) is 33.9 Å². The summed E-state index contributed by atoms with van der Waals surface area (Å²) in [6.45, 7) is 1.84. The Hall–Kier alpha value is -3.26. The summed E-state index contributed by atoms with van der Waals surface area (Å²) in [5, 5.41) is 0. The minimum Gasteiger partial charge on any atom is -0.211 e. The molecule has 0 aliphatic heterocycles. The zero-order valence-electron chi connectivity index (χ0n) is 12.3. The quantitative estimate of drug-likeness (QED) is 0.531. The first-order valence-electron chi connectivity index (χ1n) is 6.47. The van der Waals surface area contributed by atoms with Gasteiger partial charge < -0.3 is 0 Å². The summed E-state index contributed by atoms with van der Waals surface area (Å²) in [7, 11) is 0. The SMILES string of the molecule is Cc1cc(CN=C=O)c(CN=C=O)c(CN=C=O)c1CN=C=O. The van der Waals surface area contributed by atoms with Crippen LogP contribution in [0.15, 0.2) is 26.0 Å². The van der Waals surface area contributed by atoms with E-state index >= 15 is 0 Å². The Bertz CT molecular complexity index is 777. The first-order chi connectivity index (χ1) is 11.2. The highest BCUT2D eigenvalue weighted by Gasteiger charge is 2.16. The topological polar surface area (TPSA) is 118 Å². The van der Waals surface area contributed by atoms with E-state index in [4.69, 9.17) is 0 Å². The number of rotatable bonds is 8. The third-order valence-electron chi connectivity index (χ3n) is 3.20. The van der Waals surface area contributed by atoms with Crippen molar-refractivity contribution in [1.82, 2.24) is 0 Å². The third-order valence-corrected chi connectivity index (χ3v) is 3.20. The molecular weight excluding hydrogens is 300 g/mol.